The van der Waals surface area contributed by atoms with Crippen LogP contribution in [0.15, 0.2) is 23.1 Å². The van der Waals surface area contributed by atoms with E-state index in [1.807, 2.05) is 0 Å². The van der Waals surface area contributed by atoms with E-state index in [0.717, 1.165) is 31.0 Å². The minimum atomic E-state index is -3.97. The van der Waals surface area contributed by atoms with Gasteiger partial charge in [0.15, 0.2) is 0 Å². The number of nitrogens with one attached hydrogen (secondary N) is 2. The standard InChI is InChI=1S/C15H16FN3O3S/c16-11-3-5-13(10(7-11)8-17)23(21,22)19-12-4-6-14(20)18-15(12)9-1-2-9/h3,5,7,9,12,15,19H,1-2,4,6H2,(H,18,20)/t12-,15+/m1/s1. The van der Waals surface area contributed by atoms with Crippen LogP contribution in [-0.2, 0) is 14.8 Å². The second kappa shape index (κ2) is 5.91. The molecular weight excluding hydrogens is 321 g/mol. The Balaban J connectivity index is 1.86. The van der Waals surface area contributed by atoms with E-state index in [0.29, 0.717) is 6.42 Å². The minimum Gasteiger partial charge on any atom is -0.351 e. The van der Waals surface area contributed by atoms with Crippen molar-refractivity contribution in [2.24, 2.45) is 5.92 Å². The van der Waals surface area contributed by atoms with Gasteiger partial charge in [-0.2, -0.15) is 5.26 Å². The average molecular weight is 337 g/mol. The van der Waals surface area contributed by atoms with E-state index in [1.54, 1.807) is 6.07 Å². The number of piperidine rings is 1. The Morgan fingerprint density at radius 1 is 1.30 bits per heavy atom. The van der Waals surface area contributed by atoms with Crippen LogP contribution in [0.2, 0.25) is 0 Å². The first-order chi connectivity index (χ1) is 10.9. The van der Waals surface area contributed by atoms with Crippen LogP contribution in [0.3, 0.4) is 0 Å². The first-order valence-corrected chi connectivity index (χ1v) is 8.90. The zero-order valence-corrected chi connectivity index (χ0v) is 13.1. The third-order valence-electron chi connectivity index (χ3n) is 4.23. The first kappa shape index (κ1) is 15.9. The molecule has 6 nitrogen and oxygen atoms in total. The summed E-state index contributed by atoms with van der Waals surface area (Å²) in [5, 5.41) is 11.9. The Kier molecular flexibility index (Phi) is 4.08. The van der Waals surface area contributed by atoms with E-state index in [-0.39, 0.29) is 34.7 Å². The molecule has 0 unspecified atom stereocenters. The summed E-state index contributed by atoms with van der Waals surface area (Å²) in [6.07, 6.45) is 2.59. The summed E-state index contributed by atoms with van der Waals surface area (Å²) in [6, 6.07) is 4.06. The number of benzene rings is 1. The second-order valence-corrected chi connectivity index (χ2v) is 7.63. The van der Waals surface area contributed by atoms with Gasteiger partial charge in [-0.25, -0.2) is 17.5 Å². The number of nitriles is 1. The van der Waals surface area contributed by atoms with Gasteiger partial charge in [0.1, 0.15) is 11.9 Å². The van der Waals surface area contributed by atoms with Gasteiger partial charge in [0.25, 0.3) is 0 Å². The second-order valence-electron chi connectivity index (χ2n) is 5.95. The number of hydrogen-bond donors (Lipinski definition) is 2. The van der Waals surface area contributed by atoms with Gasteiger partial charge in [-0.05, 0) is 43.4 Å². The van der Waals surface area contributed by atoms with Crippen LogP contribution < -0.4 is 10.0 Å². The SMILES string of the molecule is N#Cc1cc(F)ccc1S(=O)(=O)N[C@@H]1CCC(=O)N[C@H]1C1CC1. The average Bonchev–Trinajstić information content (AvgIpc) is 3.33. The first-order valence-electron chi connectivity index (χ1n) is 7.42. The Labute approximate surface area is 133 Å². The van der Waals surface area contributed by atoms with Gasteiger partial charge in [-0.1, -0.05) is 0 Å². The summed E-state index contributed by atoms with van der Waals surface area (Å²) < 4.78 is 40.9. The fraction of sp³-hybridized carbons (Fsp3) is 0.467. The number of nitrogens with zero attached hydrogens (tertiary/aromatic N) is 1. The van der Waals surface area contributed by atoms with Gasteiger partial charge in [-0.3, -0.25) is 4.79 Å². The number of sulfonamides is 1. The van der Waals surface area contributed by atoms with Gasteiger partial charge in [0.05, 0.1) is 10.5 Å². The molecule has 1 amide bonds. The molecule has 1 saturated heterocycles. The van der Waals surface area contributed by atoms with Crippen LogP contribution in [0, 0.1) is 23.1 Å². The monoisotopic (exact) mass is 337 g/mol. The third kappa shape index (κ3) is 3.35. The van der Waals surface area contributed by atoms with Crippen molar-refractivity contribution in [3.63, 3.8) is 0 Å². The van der Waals surface area contributed by atoms with Crippen LogP contribution in [-0.4, -0.2) is 26.4 Å². The predicted molar refractivity (Wildman–Crippen MR) is 79.1 cm³/mol. The van der Waals surface area contributed by atoms with E-state index < -0.39 is 21.9 Å². The molecule has 0 bridgehead atoms. The van der Waals surface area contributed by atoms with Crippen molar-refractivity contribution >= 4 is 15.9 Å². The Morgan fingerprint density at radius 3 is 2.70 bits per heavy atom. The lowest BCUT2D eigenvalue weighted by Crippen LogP contribution is -2.56. The fourth-order valence-electron chi connectivity index (χ4n) is 2.95. The zero-order chi connectivity index (χ0) is 16.6. The summed E-state index contributed by atoms with van der Waals surface area (Å²) >= 11 is 0. The highest BCUT2D eigenvalue weighted by atomic mass is 32.2. The normalized spacial score (nSPS) is 24.8. The molecule has 0 spiro atoms. The van der Waals surface area contributed by atoms with Crippen molar-refractivity contribution in [3.05, 3.63) is 29.6 Å². The molecule has 1 aliphatic heterocycles. The highest BCUT2D eigenvalue weighted by molar-refractivity contribution is 7.89. The van der Waals surface area contributed by atoms with Crippen molar-refractivity contribution in [1.82, 2.24) is 10.0 Å². The summed E-state index contributed by atoms with van der Waals surface area (Å²) in [5.41, 5.74) is -0.236. The molecule has 122 valence electrons. The number of amides is 1. The summed E-state index contributed by atoms with van der Waals surface area (Å²) in [7, 11) is -3.97. The molecule has 23 heavy (non-hydrogen) atoms. The lowest BCUT2D eigenvalue weighted by atomic mass is 9.95. The van der Waals surface area contributed by atoms with Crippen LogP contribution in [0.25, 0.3) is 0 Å². The molecule has 2 aliphatic rings. The van der Waals surface area contributed by atoms with Gasteiger partial charge in [-0.15, -0.1) is 0 Å². The Morgan fingerprint density at radius 2 is 2.04 bits per heavy atom. The molecule has 2 N–H and O–H groups in total. The van der Waals surface area contributed by atoms with E-state index in [2.05, 4.69) is 10.0 Å². The third-order valence-corrected chi connectivity index (χ3v) is 5.78. The fourth-order valence-corrected chi connectivity index (χ4v) is 4.38. The largest absolute Gasteiger partial charge is 0.351 e. The maximum atomic E-state index is 13.2. The number of halogens is 1. The van der Waals surface area contributed by atoms with Crippen molar-refractivity contribution in [3.8, 4) is 6.07 Å². The number of carbonyl (C=O) groups is 1. The van der Waals surface area contributed by atoms with Gasteiger partial charge >= 0.3 is 0 Å². The van der Waals surface area contributed by atoms with Gasteiger partial charge < -0.3 is 5.32 Å². The zero-order valence-electron chi connectivity index (χ0n) is 12.3. The van der Waals surface area contributed by atoms with E-state index in [1.165, 1.54) is 0 Å². The molecule has 1 aromatic rings. The smallest absolute Gasteiger partial charge is 0.242 e. The molecule has 0 aromatic heterocycles. The quantitative estimate of drug-likeness (QED) is 0.857. The molecular formula is C15H16FN3O3S. The Hall–Kier alpha value is -1.98. The molecule has 1 aromatic carbocycles. The van der Waals surface area contributed by atoms with Crippen LogP contribution in [0.1, 0.15) is 31.2 Å². The van der Waals surface area contributed by atoms with E-state index >= 15 is 0 Å². The van der Waals surface area contributed by atoms with Crippen molar-refractivity contribution in [2.45, 2.75) is 42.7 Å². The predicted octanol–water partition coefficient (Wildman–Crippen LogP) is 1.03. The molecule has 8 heteroatoms. The van der Waals surface area contributed by atoms with Gasteiger partial charge in [0.2, 0.25) is 15.9 Å². The van der Waals surface area contributed by atoms with Crippen molar-refractivity contribution in [1.29, 1.82) is 5.26 Å². The maximum Gasteiger partial charge on any atom is 0.242 e. The number of hydrogen-bond acceptors (Lipinski definition) is 4. The topological polar surface area (TPSA) is 99.1 Å². The molecule has 0 radical (unpaired) electrons. The number of carbonyl (C=O) groups excluding carboxylic acids is 1. The lowest BCUT2D eigenvalue weighted by Gasteiger charge is -2.32. The summed E-state index contributed by atoms with van der Waals surface area (Å²) in [5.74, 6) is -0.450. The van der Waals surface area contributed by atoms with Crippen molar-refractivity contribution < 1.29 is 17.6 Å². The molecule has 3 rings (SSSR count). The number of rotatable bonds is 4. The minimum absolute atomic E-state index is 0.0724. The molecule has 2 fully saturated rings. The molecule has 2 atom stereocenters. The van der Waals surface area contributed by atoms with Crippen LogP contribution in [0.4, 0.5) is 4.39 Å². The summed E-state index contributed by atoms with van der Waals surface area (Å²) in [4.78, 5) is 11.3. The molecule has 1 aliphatic carbocycles. The van der Waals surface area contributed by atoms with Crippen LogP contribution >= 0.6 is 0 Å². The van der Waals surface area contributed by atoms with Crippen LogP contribution in [0.5, 0.6) is 0 Å². The van der Waals surface area contributed by atoms with Crippen molar-refractivity contribution in [2.75, 3.05) is 0 Å². The Bertz CT molecular complexity index is 784. The molecule has 1 heterocycles. The lowest BCUT2D eigenvalue weighted by molar-refractivity contribution is -0.123. The van der Waals surface area contributed by atoms with Gasteiger partial charge in [0, 0.05) is 18.5 Å². The highest BCUT2D eigenvalue weighted by Crippen LogP contribution is 2.36. The highest BCUT2D eigenvalue weighted by Gasteiger charge is 2.41. The summed E-state index contributed by atoms with van der Waals surface area (Å²) in [6.45, 7) is 0. The molecule has 1 saturated carbocycles. The van der Waals surface area contributed by atoms with E-state index in [4.69, 9.17) is 5.26 Å². The van der Waals surface area contributed by atoms with E-state index in [9.17, 15) is 17.6 Å². The maximum absolute atomic E-state index is 13.2.